The Morgan fingerprint density at radius 2 is 2.05 bits per heavy atom. The van der Waals surface area contributed by atoms with Gasteiger partial charge in [-0.1, -0.05) is 23.2 Å². The Morgan fingerprint density at radius 3 is 2.70 bits per heavy atom. The molecule has 1 fully saturated rings. The Bertz CT molecular complexity index is 592. The van der Waals surface area contributed by atoms with Gasteiger partial charge in [0.15, 0.2) is 0 Å². The van der Waals surface area contributed by atoms with Gasteiger partial charge in [0.05, 0.1) is 5.02 Å². The first-order valence-corrected chi connectivity index (χ1v) is 8.73. The fourth-order valence-electron chi connectivity index (χ4n) is 2.48. The maximum atomic E-state index is 12.8. The van der Waals surface area contributed by atoms with Crippen LogP contribution in [0.5, 0.6) is 0 Å². The molecule has 0 saturated carbocycles. The van der Waals surface area contributed by atoms with E-state index in [0.29, 0.717) is 18.1 Å². The van der Waals surface area contributed by atoms with E-state index in [1.54, 1.807) is 6.07 Å². The maximum Gasteiger partial charge on any atom is 0.244 e. The minimum Gasteiger partial charge on any atom is -0.330 e. The van der Waals surface area contributed by atoms with E-state index in [1.807, 2.05) is 6.92 Å². The van der Waals surface area contributed by atoms with Gasteiger partial charge in [-0.3, -0.25) is 0 Å². The van der Waals surface area contributed by atoms with Crippen molar-refractivity contribution >= 4 is 33.2 Å². The van der Waals surface area contributed by atoms with Gasteiger partial charge in [0.2, 0.25) is 10.0 Å². The molecular formula is C13H18Cl2N2O2S. The molecule has 0 radical (unpaired) electrons. The summed E-state index contributed by atoms with van der Waals surface area (Å²) in [6.45, 7) is 2.83. The molecule has 2 unspecified atom stereocenters. The van der Waals surface area contributed by atoms with Crippen LogP contribution in [-0.2, 0) is 10.0 Å². The van der Waals surface area contributed by atoms with Crippen LogP contribution in [0.15, 0.2) is 23.1 Å². The largest absolute Gasteiger partial charge is 0.330 e. The van der Waals surface area contributed by atoms with E-state index in [9.17, 15) is 8.42 Å². The van der Waals surface area contributed by atoms with E-state index >= 15 is 0 Å². The first kappa shape index (κ1) is 16.0. The zero-order valence-electron chi connectivity index (χ0n) is 11.2. The van der Waals surface area contributed by atoms with Gasteiger partial charge in [0.1, 0.15) is 4.90 Å². The van der Waals surface area contributed by atoms with Crippen LogP contribution in [0.25, 0.3) is 0 Å². The minimum atomic E-state index is -3.65. The fraction of sp³-hybridized carbons (Fsp3) is 0.538. The van der Waals surface area contributed by atoms with Crippen molar-refractivity contribution in [3.63, 3.8) is 0 Å². The first-order chi connectivity index (χ1) is 9.36. The minimum absolute atomic E-state index is 0.0575. The number of nitrogens with zero attached hydrogens (tertiary/aromatic N) is 1. The van der Waals surface area contributed by atoms with Crippen molar-refractivity contribution in [2.45, 2.75) is 30.7 Å². The normalized spacial score (nSPS) is 24.8. The highest BCUT2D eigenvalue weighted by molar-refractivity contribution is 7.89. The smallest absolute Gasteiger partial charge is 0.244 e. The van der Waals surface area contributed by atoms with Crippen LogP contribution in [0.3, 0.4) is 0 Å². The van der Waals surface area contributed by atoms with Crippen molar-refractivity contribution in [3.05, 3.63) is 28.2 Å². The number of hydrogen-bond donors (Lipinski definition) is 1. The highest BCUT2D eigenvalue weighted by Gasteiger charge is 2.35. The lowest BCUT2D eigenvalue weighted by molar-refractivity contribution is 0.211. The fourth-order valence-corrected chi connectivity index (χ4v) is 4.95. The molecule has 0 bridgehead atoms. The van der Waals surface area contributed by atoms with Crippen LogP contribution in [0.4, 0.5) is 0 Å². The molecule has 0 aliphatic carbocycles. The number of benzene rings is 1. The monoisotopic (exact) mass is 336 g/mol. The van der Waals surface area contributed by atoms with E-state index in [1.165, 1.54) is 16.4 Å². The lowest BCUT2D eigenvalue weighted by atomic mass is 9.96. The second-order valence-electron chi connectivity index (χ2n) is 5.18. The van der Waals surface area contributed by atoms with Gasteiger partial charge in [-0.2, -0.15) is 4.31 Å². The Balaban J connectivity index is 2.40. The van der Waals surface area contributed by atoms with E-state index in [-0.39, 0.29) is 21.9 Å². The van der Waals surface area contributed by atoms with E-state index in [2.05, 4.69) is 0 Å². The Morgan fingerprint density at radius 1 is 1.35 bits per heavy atom. The van der Waals surface area contributed by atoms with Gasteiger partial charge in [-0.25, -0.2) is 8.42 Å². The maximum absolute atomic E-state index is 12.8. The Kier molecular flexibility index (Phi) is 4.97. The molecular weight excluding hydrogens is 319 g/mol. The molecule has 1 aliphatic heterocycles. The summed E-state index contributed by atoms with van der Waals surface area (Å²) in [4.78, 5) is 0.0659. The molecule has 4 nitrogen and oxygen atoms in total. The summed E-state index contributed by atoms with van der Waals surface area (Å²) in [7, 11) is -3.65. The molecule has 0 amide bonds. The van der Waals surface area contributed by atoms with Crippen molar-refractivity contribution in [2.24, 2.45) is 11.7 Å². The Hall–Kier alpha value is -0.330. The molecule has 1 aromatic rings. The molecule has 112 valence electrons. The number of piperidine rings is 1. The second kappa shape index (κ2) is 6.20. The summed E-state index contributed by atoms with van der Waals surface area (Å²) in [6, 6.07) is 4.42. The van der Waals surface area contributed by atoms with Gasteiger partial charge in [0, 0.05) is 17.6 Å². The van der Waals surface area contributed by atoms with Crippen LogP contribution >= 0.6 is 23.2 Å². The lowest BCUT2D eigenvalue weighted by Gasteiger charge is -2.36. The third-order valence-corrected chi connectivity index (χ3v) is 6.43. The van der Waals surface area contributed by atoms with Gasteiger partial charge in [-0.15, -0.1) is 0 Å². The molecule has 0 spiro atoms. The number of nitrogens with two attached hydrogens (primary N) is 1. The zero-order valence-corrected chi connectivity index (χ0v) is 13.5. The second-order valence-corrected chi connectivity index (χ2v) is 7.88. The van der Waals surface area contributed by atoms with Gasteiger partial charge >= 0.3 is 0 Å². The summed E-state index contributed by atoms with van der Waals surface area (Å²) < 4.78 is 27.0. The molecule has 1 aromatic carbocycles. The Labute approximate surface area is 129 Å². The van der Waals surface area contributed by atoms with Crippen LogP contribution in [0.2, 0.25) is 10.0 Å². The van der Waals surface area contributed by atoms with Crippen molar-refractivity contribution in [3.8, 4) is 0 Å². The van der Waals surface area contributed by atoms with E-state index in [4.69, 9.17) is 28.9 Å². The zero-order chi connectivity index (χ0) is 14.9. The van der Waals surface area contributed by atoms with Gasteiger partial charge < -0.3 is 5.73 Å². The van der Waals surface area contributed by atoms with Crippen LogP contribution in [0, 0.1) is 5.92 Å². The van der Waals surface area contributed by atoms with Gasteiger partial charge in [0.25, 0.3) is 0 Å². The number of halogens is 2. The van der Waals surface area contributed by atoms with Crippen molar-refractivity contribution in [1.29, 1.82) is 0 Å². The summed E-state index contributed by atoms with van der Waals surface area (Å²) in [5.41, 5.74) is 5.68. The summed E-state index contributed by atoms with van der Waals surface area (Å²) in [6.07, 6.45) is 1.76. The number of rotatable bonds is 3. The van der Waals surface area contributed by atoms with Crippen molar-refractivity contribution in [2.75, 3.05) is 13.1 Å². The number of hydrogen-bond acceptors (Lipinski definition) is 3. The third kappa shape index (κ3) is 3.12. The standard InChI is InChI=1S/C13H18Cl2N2O2S/c1-9-2-3-10(7-16)8-17(9)20(18,19)13-6-11(14)4-5-12(13)15/h4-6,9-10H,2-3,7-8,16H2,1H3. The average molecular weight is 337 g/mol. The third-order valence-electron chi connectivity index (χ3n) is 3.74. The molecule has 20 heavy (non-hydrogen) atoms. The summed E-state index contributed by atoms with van der Waals surface area (Å²) >= 11 is 11.9. The molecule has 2 atom stereocenters. The number of sulfonamides is 1. The van der Waals surface area contributed by atoms with Crippen molar-refractivity contribution in [1.82, 2.24) is 4.31 Å². The van der Waals surface area contributed by atoms with Crippen molar-refractivity contribution < 1.29 is 8.42 Å². The molecule has 7 heteroatoms. The van der Waals surface area contributed by atoms with E-state index in [0.717, 1.165) is 12.8 Å². The first-order valence-electron chi connectivity index (χ1n) is 6.53. The summed E-state index contributed by atoms with van der Waals surface area (Å²) in [5.74, 6) is 0.193. The molecule has 2 rings (SSSR count). The van der Waals surface area contributed by atoms with Crippen LogP contribution in [-0.4, -0.2) is 31.9 Å². The SMILES string of the molecule is CC1CCC(CN)CN1S(=O)(=O)c1cc(Cl)ccc1Cl. The predicted octanol–water partition coefficient (Wildman–Crippen LogP) is 2.74. The highest BCUT2D eigenvalue weighted by Crippen LogP contribution is 2.32. The molecule has 1 aliphatic rings. The quantitative estimate of drug-likeness (QED) is 0.922. The topological polar surface area (TPSA) is 63.4 Å². The average Bonchev–Trinajstić information content (AvgIpc) is 2.41. The molecule has 2 N–H and O–H groups in total. The lowest BCUT2D eigenvalue weighted by Crippen LogP contribution is -2.47. The van der Waals surface area contributed by atoms with Gasteiger partial charge in [-0.05, 0) is 50.4 Å². The van der Waals surface area contributed by atoms with Crippen LogP contribution in [0.1, 0.15) is 19.8 Å². The van der Waals surface area contributed by atoms with E-state index < -0.39 is 10.0 Å². The molecule has 1 heterocycles. The highest BCUT2D eigenvalue weighted by atomic mass is 35.5. The summed E-state index contributed by atoms with van der Waals surface area (Å²) in [5, 5.41) is 0.546. The van der Waals surface area contributed by atoms with Crippen LogP contribution < -0.4 is 5.73 Å². The molecule has 0 aromatic heterocycles. The molecule has 1 saturated heterocycles. The predicted molar refractivity (Wildman–Crippen MR) is 81.6 cm³/mol.